The van der Waals surface area contributed by atoms with Crippen LogP contribution in [-0.2, 0) is 14.0 Å². The molecular weight excluding hydrogens is 206 g/mol. The summed E-state index contributed by atoms with van der Waals surface area (Å²) in [4.78, 5) is 9.15. The van der Waals surface area contributed by atoms with Crippen LogP contribution in [0.2, 0.25) is 0 Å². The lowest BCUT2D eigenvalue weighted by atomic mass is 10.1. The van der Waals surface area contributed by atoms with Gasteiger partial charge in [-0.05, 0) is 27.7 Å². The fourth-order valence-electron chi connectivity index (χ4n) is 1.68. The first kappa shape index (κ1) is 10.7. The minimum absolute atomic E-state index is 0.0397. The fourth-order valence-corrected chi connectivity index (χ4v) is 2.68. The number of quaternary nitrogens is 1. The van der Waals surface area contributed by atoms with E-state index in [4.69, 9.17) is 4.18 Å². The van der Waals surface area contributed by atoms with Gasteiger partial charge in [0.15, 0.2) is 0 Å². The second-order valence-electron chi connectivity index (χ2n) is 4.77. The standard InChI is InChI=1S/C8H15NO4S/c1-6-5-9(14-11-6,7(2,3)4)8(10)12-13-8/h6H,5H2,1-4H3. The van der Waals surface area contributed by atoms with Crippen molar-refractivity contribution in [3.05, 3.63) is 0 Å². The topological polar surface area (TPSA) is 57.3 Å². The minimum atomic E-state index is -1.78. The second-order valence-corrected chi connectivity index (χ2v) is 5.73. The molecule has 0 saturated carbocycles. The average Bonchev–Trinajstić information content (AvgIpc) is 2.61. The molecule has 2 atom stereocenters. The van der Waals surface area contributed by atoms with Crippen LogP contribution in [0.1, 0.15) is 27.7 Å². The predicted molar refractivity (Wildman–Crippen MR) is 47.9 cm³/mol. The van der Waals surface area contributed by atoms with E-state index in [1.807, 2.05) is 27.7 Å². The Morgan fingerprint density at radius 2 is 2.00 bits per heavy atom. The van der Waals surface area contributed by atoms with Gasteiger partial charge in [-0.2, -0.15) is 3.89 Å². The van der Waals surface area contributed by atoms with Crippen molar-refractivity contribution in [2.45, 2.75) is 45.4 Å². The molecule has 82 valence electrons. The van der Waals surface area contributed by atoms with E-state index in [1.54, 1.807) is 0 Å². The Hall–Kier alpha value is 0.150. The third-order valence-electron chi connectivity index (χ3n) is 2.60. The van der Waals surface area contributed by atoms with Crippen molar-refractivity contribution in [2.24, 2.45) is 0 Å². The Bertz CT molecular complexity index is 243. The van der Waals surface area contributed by atoms with Crippen LogP contribution in [0.25, 0.3) is 0 Å². The highest BCUT2D eigenvalue weighted by Gasteiger charge is 2.68. The van der Waals surface area contributed by atoms with Gasteiger partial charge < -0.3 is 5.11 Å². The van der Waals surface area contributed by atoms with E-state index in [-0.39, 0.29) is 15.5 Å². The fraction of sp³-hybridized carbons (Fsp3) is 1.00. The van der Waals surface area contributed by atoms with Crippen molar-refractivity contribution in [2.75, 3.05) is 6.54 Å². The van der Waals surface area contributed by atoms with Gasteiger partial charge in [0.1, 0.15) is 18.2 Å². The van der Waals surface area contributed by atoms with Gasteiger partial charge in [-0.25, -0.2) is 0 Å². The van der Waals surface area contributed by atoms with E-state index >= 15 is 0 Å². The molecule has 0 radical (unpaired) electrons. The number of hydrogen-bond donors (Lipinski definition) is 0. The maximum atomic E-state index is 12.0. The first-order valence-corrected chi connectivity index (χ1v) is 5.31. The molecule has 0 aromatic rings. The van der Waals surface area contributed by atoms with Crippen LogP contribution in [0.5, 0.6) is 0 Å². The highest BCUT2D eigenvalue weighted by molar-refractivity contribution is 7.89. The predicted octanol–water partition coefficient (Wildman–Crippen LogP) is 0.517. The summed E-state index contributed by atoms with van der Waals surface area (Å²) in [5.41, 5.74) is -0.284. The lowest BCUT2D eigenvalue weighted by Gasteiger charge is -2.44. The molecule has 0 bridgehead atoms. The number of rotatable bonds is 1. The zero-order valence-electron chi connectivity index (χ0n) is 8.77. The summed E-state index contributed by atoms with van der Waals surface area (Å²) in [5, 5.41) is 12.0. The summed E-state index contributed by atoms with van der Waals surface area (Å²) in [6.45, 7) is 8.46. The van der Waals surface area contributed by atoms with Gasteiger partial charge >= 0.3 is 6.10 Å². The maximum absolute atomic E-state index is 12.0. The second kappa shape index (κ2) is 2.84. The van der Waals surface area contributed by atoms with Gasteiger partial charge in [-0.1, -0.05) is 0 Å². The van der Waals surface area contributed by atoms with E-state index in [0.29, 0.717) is 6.54 Å². The van der Waals surface area contributed by atoms with Crippen molar-refractivity contribution in [3.63, 3.8) is 0 Å². The Kier molecular flexibility index (Phi) is 2.16. The molecule has 0 N–H and O–H groups in total. The summed E-state index contributed by atoms with van der Waals surface area (Å²) < 4.78 is 5.48. The van der Waals surface area contributed by atoms with Gasteiger partial charge in [0.2, 0.25) is 0 Å². The van der Waals surface area contributed by atoms with E-state index in [1.165, 1.54) is 0 Å². The molecule has 2 heterocycles. The Labute approximate surface area is 87.8 Å². The van der Waals surface area contributed by atoms with E-state index in [2.05, 4.69) is 9.78 Å². The average molecular weight is 221 g/mol. The molecule has 2 rings (SSSR count). The van der Waals surface area contributed by atoms with Crippen molar-refractivity contribution >= 4 is 12.2 Å². The molecule has 2 unspecified atom stereocenters. The molecule has 2 saturated heterocycles. The zero-order valence-corrected chi connectivity index (χ0v) is 9.59. The summed E-state index contributed by atoms with van der Waals surface area (Å²) in [7, 11) is 0. The van der Waals surface area contributed by atoms with Gasteiger partial charge in [0, 0.05) is 0 Å². The summed E-state index contributed by atoms with van der Waals surface area (Å²) in [6, 6.07) is 0. The lowest BCUT2D eigenvalue weighted by molar-refractivity contribution is -0.984. The monoisotopic (exact) mass is 221 g/mol. The van der Waals surface area contributed by atoms with Crippen LogP contribution in [-0.4, -0.2) is 28.2 Å². The van der Waals surface area contributed by atoms with Gasteiger partial charge in [0.25, 0.3) is 12.2 Å². The normalized spacial score (nSPS) is 41.4. The molecule has 6 heteroatoms. The summed E-state index contributed by atoms with van der Waals surface area (Å²) in [5.74, 6) is 0. The van der Waals surface area contributed by atoms with Crippen LogP contribution in [0.15, 0.2) is 0 Å². The third kappa shape index (κ3) is 1.30. The molecule has 5 nitrogen and oxygen atoms in total. The molecule has 0 aromatic carbocycles. The SMILES string of the molecule is CC1C[N+](C(C)(C)C)(C2([O-])OO2)SO1. The van der Waals surface area contributed by atoms with E-state index in [0.717, 1.165) is 12.2 Å². The molecule has 0 spiro atoms. The van der Waals surface area contributed by atoms with Crippen molar-refractivity contribution in [1.82, 2.24) is 0 Å². The van der Waals surface area contributed by atoms with E-state index < -0.39 is 6.10 Å². The van der Waals surface area contributed by atoms with Crippen molar-refractivity contribution in [1.29, 1.82) is 0 Å². The molecule has 2 fully saturated rings. The molecule has 0 aliphatic carbocycles. The molecule has 2 aliphatic heterocycles. The molecular formula is C8H15NO4S. The first-order valence-electron chi connectivity index (χ1n) is 4.61. The summed E-state index contributed by atoms with van der Waals surface area (Å²) in [6.07, 6.45) is -1.74. The highest BCUT2D eigenvalue weighted by atomic mass is 32.2. The van der Waals surface area contributed by atoms with Gasteiger partial charge in [-0.15, -0.1) is 9.78 Å². The smallest absolute Gasteiger partial charge is 0.337 e. The Morgan fingerprint density at radius 1 is 1.43 bits per heavy atom. The van der Waals surface area contributed by atoms with Crippen molar-refractivity contribution < 1.29 is 23.0 Å². The van der Waals surface area contributed by atoms with Gasteiger partial charge in [-0.3, -0.25) is 4.18 Å². The Morgan fingerprint density at radius 3 is 2.29 bits per heavy atom. The largest absolute Gasteiger partial charge is 0.749 e. The number of hydrogen-bond acceptors (Lipinski definition) is 5. The highest BCUT2D eigenvalue weighted by Crippen LogP contribution is 2.52. The van der Waals surface area contributed by atoms with E-state index in [9.17, 15) is 5.11 Å². The maximum Gasteiger partial charge on any atom is 0.337 e. The van der Waals surface area contributed by atoms with Crippen molar-refractivity contribution in [3.8, 4) is 0 Å². The van der Waals surface area contributed by atoms with Crippen LogP contribution in [0.4, 0.5) is 0 Å². The molecule has 0 amide bonds. The minimum Gasteiger partial charge on any atom is -0.749 e. The van der Waals surface area contributed by atoms with Crippen LogP contribution < -0.4 is 5.11 Å². The number of nitrogens with zero attached hydrogens (tertiary/aromatic N) is 1. The molecule has 2 aliphatic rings. The first-order chi connectivity index (χ1) is 6.31. The van der Waals surface area contributed by atoms with Crippen LogP contribution >= 0.6 is 12.2 Å². The molecule has 0 aromatic heterocycles. The van der Waals surface area contributed by atoms with Crippen LogP contribution in [0.3, 0.4) is 0 Å². The third-order valence-corrected chi connectivity index (χ3v) is 4.19. The summed E-state index contributed by atoms with van der Waals surface area (Å²) >= 11 is 1.15. The van der Waals surface area contributed by atoms with Crippen LogP contribution in [0, 0.1) is 0 Å². The quantitative estimate of drug-likeness (QED) is 0.212. The lowest BCUT2D eigenvalue weighted by Crippen LogP contribution is -2.67. The zero-order chi connectivity index (χ0) is 10.6. The van der Waals surface area contributed by atoms with Gasteiger partial charge in [0.05, 0.1) is 0 Å². The molecule has 14 heavy (non-hydrogen) atoms. The Balaban J connectivity index is 2.31.